The van der Waals surface area contributed by atoms with E-state index < -0.39 is 10.0 Å². The predicted molar refractivity (Wildman–Crippen MR) is 87.0 cm³/mol. The third-order valence-corrected chi connectivity index (χ3v) is 7.88. The molecule has 20 heavy (non-hydrogen) atoms. The minimum Gasteiger partial charge on any atom is -0.330 e. The molecule has 0 aliphatic heterocycles. The lowest BCUT2D eigenvalue weighted by Gasteiger charge is -2.19. The summed E-state index contributed by atoms with van der Waals surface area (Å²) in [6.07, 6.45) is 3.89. The summed E-state index contributed by atoms with van der Waals surface area (Å²) >= 11 is 3.18. The van der Waals surface area contributed by atoms with E-state index in [1.54, 1.807) is 6.07 Å². The second-order valence-electron chi connectivity index (χ2n) is 4.91. The topological polar surface area (TPSA) is 72.2 Å². The molecule has 3 N–H and O–H groups in total. The van der Waals surface area contributed by atoms with Gasteiger partial charge < -0.3 is 5.73 Å². The van der Waals surface area contributed by atoms with Gasteiger partial charge in [-0.05, 0) is 43.7 Å². The van der Waals surface area contributed by atoms with Crippen LogP contribution < -0.4 is 10.5 Å². The van der Waals surface area contributed by atoms with Crippen molar-refractivity contribution < 1.29 is 8.42 Å². The summed E-state index contributed by atoms with van der Waals surface area (Å²) < 4.78 is 28.1. The van der Waals surface area contributed by atoms with Crippen molar-refractivity contribution in [2.75, 3.05) is 12.3 Å². The zero-order valence-corrected chi connectivity index (χ0v) is 14.1. The number of hydrogen-bond donors (Lipinski definition) is 2. The van der Waals surface area contributed by atoms with E-state index in [9.17, 15) is 8.42 Å². The van der Waals surface area contributed by atoms with Gasteiger partial charge in [0, 0.05) is 16.2 Å². The predicted octanol–water partition coefficient (Wildman–Crippen LogP) is 2.20. The van der Waals surface area contributed by atoms with Crippen molar-refractivity contribution in [2.24, 2.45) is 5.73 Å². The zero-order valence-electron chi connectivity index (χ0n) is 11.7. The lowest BCUT2D eigenvalue weighted by molar-refractivity contribution is 0.557. The molecule has 2 rings (SSSR count). The van der Waals surface area contributed by atoms with Gasteiger partial charge in [0.25, 0.3) is 0 Å². The van der Waals surface area contributed by atoms with Crippen LogP contribution in [0.5, 0.6) is 0 Å². The van der Waals surface area contributed by atoms with Gasteiger partial charge in [-0.2, -0.15) is 11.8 Å². The van der Waals surface area contributed by atoms with Crippen molar-refractivity contribution in [3.8, 4) is 0 Å². The molecule has 114 valence electrons. The van der Waals surface area contributed by atoms with Crippen LogP contribution in [0.15, 0.2) is 16.3 Å². The van der Waals surface area contributed by atoms with E-state index >= 15 is 0 Å². The van der Waals surface area contributed by atoms with Crippen LogP contribution in [-0.4, -0.2) is 32.0 Å². The minimum atomic E-state index is -3.38. The Morgan fingerprint density at radius 3 is 2.95 bits per heavy atom. The van der Waals surface area contributed by atoms with Crippen LogP contribution in [0, 0.1) is 0 Å². The highest BCUT2D eigenvalue weighted by Gasteiger charge is 2.31. The lowest BCUT2D eigenvalue weighted by Crippen LogP contribution is -2.38. The average molecular weight is 335 g/mol. The maximum absolute atomic E-state index is 12.4. The van der Waals surface area contributed by atoms with E-state index in [0.717, 1.165) is 36.3 Å². The molecular formula is C13H22N2O2S3. The molecule has 0 spiro atoms. The molecule has 1 saturated carbocycles. The third kappa shape index (κ3) is 3.98. The van der Waals surface area contributed by atoms with Gasteiger partial charge in [0.2, 0.25) is 10.0 Å². The maximum atomic E-state index is 12.4. The third-order valence-electron chi connectivity index (χ3n) is 3.43. The van der Waals surface area contributed by atoms with Crippen molar-refractivity contribution in [2.45, 2.75) is 48.1 Å². The molecule has 1 aromatic rings. The average Bonchev–Trinajstić information content (AvgIpc) is 3.01. The summed E-state index contributed by atoms with van der Waals surface area (Å²) in [5.41, 5.74) is 5.50. The zero-order chi connectivity index (χ0) is 14.6. The van der Waals surface area contributed by atoms with Gasteiger partial charge in [-0.1, -0.05) is 13.3 Å². The Kier molecular flexibility index (Phi) is 5.92. The first-order valence-electron chi connectivity index (χ1n) is 6.99. The molecule has 0 saturated heterocycles. The molecule has 0 radical (unpaired) electrons. The maximum Gasteiger partial charge on any atom is 0.250 e. The molecule has 1 aliphatic carbocycles. The van der Waals surface area contributed by atoms with Crippen molar-refractivity contribution >= 4 is 33.1 Å². The fraction of sp³-hybridized carbons (Fsp3) is 0.692. The highest BCUT2D eigenvalue weighted by molar-refractivity contribution is 8.00. The van der Waals surface area contributed by atoms with Gasteiger partial charge in [-0.3, -0.25) is 0 Å². The second kappa shape index (κ2) is 7.26. The summed E-state index contributed by atoms with van der Waals surface area (Å²) in [6.45, 7) is 2.66. The molecule has 0 aromatic carbocycles. The Hall–Kier alpha value is -0.0800. The molecule has 1 aromatic heterocycles. The standard InChI is InChI=1S/C13H22N2O2S3/c1-2-18-12-5-3-4-11(12)15-20(16,17)13-7-6-10(19-13)8-9-14/h6-7,11-12,15H,2-5,8-9,14H2,1H3. The van der Waals surface area contributed by atoms with Crippen LogP contribution in [-0.2, 0) is 16.4 Å². The molecule has 2 atom stereocenters. The summed E-state index contributed by atoms with van der Waals surface area (Å²) in [6, 6.07) is 3.62. The number of rotatable bonds is 7. The number of hydrogen-bond acceptors (Lipinski definition) is 5. The van der Waals surface area contributed by atoms with Crippen molar-refractivity contribution in [3.05, 3.63) is 17.0 Å². The fourth-order valence-corrected chi connectivity index (χ4v) is 6.49. The SMILES string of the molecule is CCSC1CCCC1NS(=O)(=O)c1ccc(CCN)s1. The van der Waals surface area contributed by atoms with E-state index in [4.69, 9.17) is 5.73 Å². The Morgan fingerprint density at radius 1 is 1.45 bits per heavy atom. The molecular weight excluding hydrogens is 312 g/mol. The van der Waals surface area contributed by atoms with E-state index in [2.05, 4.69) is 11.6 Å². The second-order valence-corrected chi connectivity index (χ2v) is 9.54. The van der Waals surface area contributed by atoms with Crippen molar-refractivity contribution in [1.29, 1.82) is 0 Å². The number of sulfonamides is 1. The van der Waals surface area contributed by atoms with Crippen LogP contribution in [0.2, 0.25) is 0 Å². The molecule has 1 fully saturated rings. The quantitative estimate of drug-likeness (QED) is 0.802. The Balaban J connectivity index is 2.06. The first-order chi connectivity index (χ1) is 9.56. The van der Waals surface area contributed by atoms with Crippen molar-refractivity contribution in [1.82, 2.24) is 4.72 Å². The molecule has 0 bridgehead atoms. The smallest absolute Gasteiger partial charge is 0.250 e. The number of thiophene rings is 1. The van der Waals surface area contributed by atoms with Gasteiger partial charge in [-0.15, -0.1) is 11.3 Å². The molecule has 1 aliphatic rings. The summed E-state index contributed by atoms with van der Waals surface area (Å²) in [5.74, 6) is 1.03. The number of thioether (sulfide) groups is 1. The molecule has 1 heterocycles. The lowest BCUT2D eigenvalue weighted by atomic mass is 10.3. The molecule has 7 heteroatoms. The monoisotopic (exact) mass is 334 g/mol. The highest BCUT2D eigenvalue weighted by Crippen LogP contribution is 2.31. The van der Waals surface area contributed by atoms with E-state index in [1.807, 2.05) is 17.8 Å². The first-order valence-corrected chi connectivity index (χ1v) is 10.3. The normalized spacial score (nSPS) is 23.3. The van der Waals surface area contributed by atoms with Gasteiger partial charge in [0.1, 0.15) is 4.21 Å². The van der Waals surface area contributed by atoms with E-state index in [1.165, 1.54) is 11.3 Å². The van der Waals surface area contributed by atoms with Crippen LogP contribution in [0.25, 0.3) is 0 Å². The van der Waals surface area contributed by atoms with Crippen LogP contribution in [0.1, 0.15) is 31.1 Å². The Morgan fingerprint density at radius 2 is 2.25 bits per heavy atom. The van der Waals surface area contributed by atoms with Gasteiger partial charge in [0.15, 0.2) is 0 Å². The first kappa shape index (κ1) is 16.3. The van der Waals surface area contributed by atoms with Crippen LogP contribution in [0.4, 0.5) is 0 Å². The Bertz CT molecular complexity index is 527. The molecule has 4 nitrogen and oxygen atoms in total. The van der Waals surface area contributed by atoms with Crippen molar-refractivity contribution in [3.63, 3.8) is 0 Å². The van der Waals surface area contributed by atoms with Gasteiger partial charge in [0.05, 0.1) is 0 Å². The summed E-state index contributed by atoms with van der Waals surface area (Å²) in [5, 5.41) is 0.415. The fourth-order valence-electron chi connectivity index (χ4n) is 2.51. The van der Waals surface area contributed by atoms with Gasteiger partial charge in [-0.25, -0.2) is 13.1 Å². The molecule has 2 unspecified atom stereocenters. The number of nitrogens with two attached hydrogens (primary N) is 1. The minimum absolute atomic E-state index is 0.0741. The van der Waals surface area contributed by atoms with E-state index in [0.29, 0.717) is 16.0 Å². The van der Waals surface area contributed by atoms with Gasteiger partial charge >= 0.3 is 0 Å². The van der Waals surface area contributed by atoms with E-state index in [-0.39, 0.29) is 6.04 Å². The largest absolute Gasteiger partial charge is 0.330 e. The Labute approximate surface area is 129 Å². The highest BCUT2D eigenvalue weighted by atomic mass is 32.2. The summed E-state index contributed by atoms with van der Waals surface area (Å²) in [7, 11) is -3.38. The van der Waals surface area contributed by atoms with Crippen LogP contribution >= 0.6 is 23.1 Å². The molecule has 0 amide bonds. The van der Waals surface area contributed by atoms with Crippen LogP contribution in [0.3, 0.4) is 0 Å². The number of nitrogens with one attached hydrogen (secondary N) is 1. The summed E-state index contributed by atoms with van der Waals surface area (Å²) in [4.78, 5) is 1.03.